The molecule has 3 aromatic rings. The summed E-state index contributed by atoms with van der Waals surface area (Å²) in [4.78, 5) is 30.6. The van der Waals surface area contributed by atoms with E-state index in [1.165, 1.54) is 11.8 Å². The van der Waals surface area contributed by atoms with Crippen LogP contribution < -0.4 is 10.9 Å². The maximum Gasteiger partial charge on any atom is 0.262 e. The summed E-state index contributed by atoms with van der Waals surface area (Å²) in [5.41, 5.74) is 3.51. The molecule has 1 N–H and O–H groups in total. The Hall–Kier alpha value is -2.60. The highest BCUT2D eigenvalue weighted by molar-refractivity contribution is 8.00. The van der Waals surface area contributed by atoms with E-state index in [1.807, 2.05) is 71.0 Å². The summed E-state index contributed by atoms with van der Waals surface area (Å²) >= 11 is 1.32. The van der Waals surface area contributed by atoms with Crippen molar-refractivity contribution in [2.75, 3.05) is 5.32 Å². The summed E-state index contributed by atoms with van der Waals surface area (Å²) in [6.07, 6.45) is 0.802. The average molecular weight is 410 g/mol. The molecule has 0 unspecified atom stereocenters. The topological polar surface area (TPSA) is 64.0 Å². The zero-order chi connectivity index (χ0) is 21.1. The van der Waals surface area contributed by atoms with Gasteiger partial charge in [0.2, 0.25) is 5.91 Å². The molecule has 0 aliphatic heterocycles. The molecule has 0 aliphatic carbocycles. The van der Waals surface area contributed by atoms with Crippen molar-refractivity contribution in [1.29, 1.82) is 0 Å². The molecule has 0 spiro atoms. The van der Waals surface area contributed by atoms with Crippen molar-refractivity contribution in [2.24, 2.45) is 0 Å². The van der Waals surface area contributed by atoms with E-state index in [4.69, 9.17) is 4.98 Å². The van der Waals surface area contributed by atoms with Crippen LogP contribution in [0.5, 0.6) is 0 Å². The van der Waals surface area contributed by atoms with Crippen molar-refractivity contribution in [1.82, 2.24) is 9.55 Å². The molecule has 152 valence electrons. The molecule has 1 heterocycles. The van der Waals surface area contributed by atoms with E-state index in [0.717, 1.165) is 23.2 Å². The Balaban J connectivity index is 1.93. The molecule has 5 nitrogen and oxygen atoms in total. The average Bonchev–Trinajstić information content (AvgIpc) is 2.70. The minimum absolute atomic E-state index is 0.00335. The van der Waals surface area contributed by atoms with E-state index in [9.17, 15) is 9.59 Å². The third-order valence-electron chi connectivity index (χ3n) is 5.11. The minimum Gasteiger partial charge on any atom is -0.325 e. The molecule has 0 bridgehead atoms. The number of anilines is 1. The highest BCUT2D eigenvalue weighted by Gasteiger charge is 2.21. The van der Waals surface area contributed by atoms with Gasteiger partial charge in [-0.05, 0) is 63.4 Å². The fraction of sp³-hybridized carbons (Fsp3) is 0.348. The number of hydrogen-bond acceptors (Lipinski definition) is 4. The number of rotatable bonds is 6. The summed E-state index contributed by atoms with van der Waals surface area (Å²) < 4.78 is 1.72. The first-order valence-electron chi connectivity index (χ1n) is 9.87. The van der Waals surface area contributed by atoms with Gasteiger partial charge in [-0.3, -0.25) is 14.2 Å². The number of benzene rings is 2. The Morgan fingerprint density at radius 3 is 2.62 bits per heavy atom. The Kier molecular flexibility index (Phi) is 6.42. The van der Waals surface area contributed by atoms with Crippen molar-refractivity contribution in [2.45, 2.75) is 57.5 Å². The Labute approximate surface area is 175 Å². The van der Waals surface area contributed by atoms with Crippen molar-refractivity contribution >= 4 is 34.3 Å². The molecule has 29 heavy (non-hydrogen) atoms. The SMILES string of the molecule is CC[C@@H](C)n1c(S[C@H](C)C(=O)Nc2cc(C)ccc2C)nc2ccccc2c1=O. The predicted octanol–water partition coefficient (Wildman–Crippen LogP) is 5.10. The molecule has 6 heteroatoms. The van der Waals surface area contributed by atoms with Gasteiger partial charge in [0.05, 0.1) is 16.2 Å². The van der Waals surface area contributed by atoms with Crippen molar-refractivity contribution in [3.63, 3.8) is 0 Å². The van der Waals surface area contributed by atoms with E-state index in [0.29, 0.717) is 16.1 Å². The summed E-state index contributed by atoms with van der Waals surface area (Å²) in [7, 11) is 0. The first-order chi connectivity index (χ1) is 13.8. The number of thioether (sulfide) groups is 1. The fourth-order valence-electron chi connectivity index (χ4n) is 3.10. The van der Waals surface area contributed by atoms with Gasteiger partial charge in [0.1, 0.15) is 0 Å². The molecule has 0 fully saturated rings. The third-order valence-corrected chi connectivity index (χ3v) is 6.18. The second-order valence-corrected chi connectivity index (χ2v) is 8.72. The number of aryl methyl sites for hydroxylation is 2. The number of fused-ring (bicyclic) bond motifs is 1. The lowest BCUT2D eigenvalue weighted by Crippen LogP contribution is -2.28. The molecular weight excluding hydrogens is 382 g/mol. The van der Waals surface area contributed by atoms with Crippen LogP contribution in [0.1, 0.15) is 44.4 Å². The summed E-state index contributed by atoms with van der Waals surface area (Å²) in [5.74, 6) is -0.109. The lowest BCUT2D eigenvalue weighted by Gasteiger charge is -2.20. The lowest BCUT2D eigenvalue weighted by atomic mass is 10.1. The molecule has 3 rings (SSSR count). The number of carbonyl (C=O) groups excluding carboxylic acids is 1. The van der Waals surface area contributed by atoms with Gasteiger partial charge in [-0.2, -0.15) is 0 Å². The molecule has 2 aromatic carbocycles. The molecule has 0 saturated heterocycles. The van der Waals surface area contributed by atoms with Crippen LogP contribution in [-0.2, 0) is 4.79 Å². The quantitative estimate of drug-likeness (QED) is 0.454. The van der Waals surface area contributed by atoms with Crippen molar-refractivity contribution in [3.05, 3.63) is 63.9 Å². The molecule has 1 aromatic heterocycles. The van der Waals surface area contributed by atoms with E-state index in [-0.39, 0.29) is 17.5 Å². The van der Waals surface area contributed by atoms with Gasteiger partial charge in [0, 0.05) is 11.7 Å². The van der Waals surface area contributed by atoms with Crippen molar-refractivity contribution < 1.29 is 4.79 Å². The van der Waals surface area contributed by atoms with E-state index < -0.39 is 5.25 Å². The van der Waals surface area contributed by atoms with Gasteiger partial charge in [-0.25, -0.2) is 4.98 Å². The monoisotopic (exact) mass is 409 g/mol. The van der Waals surface area contributed by atoms with E-state index in [2.05, 4.69) is 5.32 Å². The van der Waals surface area contributed by atoms with Crippen LogP contribution in [0.2, 0.25) is 0 Å². The van der Waals surface area contributed by atoms with Gasteiger partial charge in [0.15, 0.2) is 5.16 Å². The summed E-state index contributed by atoms with van der Waals surface area (Å²) in [6, 6.07) is 13.3. The second-order valence-electron chi connectivity index (χ2n) is 7.41. The number of nitrogens with zero attached hydrogens (tertiary/aromatic N) is 2. The maximum atomic E-state index is 13.1. The Morgan fingerprint density at radius 1 is 1.17 bits per heavy atom. The van der Waals surface area contributed by atoms with Gasteiger partial charge in [-0.1, -0.05) is 43.0 Å². The van der Waals surface area contributed by atoms with E-state index >= 15 is 0 Å². The standard InChI is InChI=1S/C23H27N3O2S/c1-6-16(4)26-22(28)18-9-7-8-10-19(18)25-23(26)29-17(5)21(27)24-20-13-14(2)11-12-15(20)3/h7-13,16-17H,6H2,1-5H3,(H,24,27)/t16-,17-/m1/s1. The molecule has 0 radical (unpaired) electrons. The van der Waals surface area contributed by atoms with Gasteiger partial charge >= 0.3 is 0 Å². The number of aromatic nitrogens is 2. The van der Waals surface area contributed by atoms with Crippen LogP contribution in [0.15, 0.2) is 52.4 Å². The normalized spacial score (nSPS) is 13.3. The first kappa shape index (κ1) is 21.1. The first-order valence-corrected chi connectivity index (χ1v) is 10.8. The van der Waals surface area contributed by atoms with Crippen molar-refractivity contribution in [3.8, 4) is 0 Å². The van der Waals surface area contributed by atoms with E-state index in [1.54, 1.807) is 10.6 Å². The highest BCUT2D eigenvalue weighted by atomic mass is 32.2. The van der Waals surface area contributed by atoms with Crippen LogP contribution in [0, 0.1) is 13.8 Å². The number of para-hydroxylation sites is 1. The Bertz CT molecular complexity index is 1110. The zero-order valence-electron chi connectivity index (χ0n) is 17.5. The predicted molar refractivity (Wildman–Crippen MR) is 121 cm³/mol. The Morgan fingerprint density at radius 2 is 1.90 bits per heavy atom. The smallest absolute Gasteiger partial charge is 0.262 e. The summed E-state index contributed by atoms with van der Waals surface area (Å²) in [6.45, 7) is 9.85. The molecular formula is C23H27N3O2S. The molecule has 1 amide bonds. The third kappa shape index (κ3) is 4.53. The number of carbonyl (C=O) groups is 1. The van der Waals surface area contributed by atoms with Crippen LogP contribution in [-0.4, -0.2) is 20.7 Å². The largest absolute Gasteiger partial charge is 0.325 e. The fourth-order valence-corrected chi connectivity index (χ4v) is 4.11. The van der Waals surface area contributed by atoms with Crippen LogP contribution in [0.3, 0.4) is 0 Å². The van der Waals surface area contributed by atoms with Crippen LogP contribution >= 0.6 is 11.8 Å². The van der Waals surface area contributed by atoms with Crippen LogP contribution in [0.25, 0.3) is 10.9 Å². The highest BCUT2D eigenvalue weighted by Crippen LogP contribution is 2.27. The molecule has 0 aliphatic rings. The lowest BCUT2D eigenvalue weighted by molar-refractivity contribution is -0.115. The van der Waals surface area contributed by atoms with Gasteiger partial charge < -0.3 is 5.32 Å². The molecule has 0 saturated carbocycles. The molecule has 2 atom stereocenters. The van der Waals surface area contributed by atoms with Gasteiger partial charge in [-0.15, -0.1) is 0 Å². The number of hydrogen-bond donors (Lipinski definition) is 1. The maximum absolute atomic E-state index is 13.1. The zero-order valence-corrected chi connectivity index (χ0v) is 18.3. The number of nitrogens with one attached hydrogen (secondary N) is 1. The number of amides is 1. The van der Waals surface area contributed by atoms with Crippen LogP contribution in [0.4, 0.5) is 5.69 Å². The second kappa shape index (κ2) is 8.82. The minimum atomic E-state index is -0.404. The van der Waals surface area contributed by atoms with Gasteiger partial charge in [0.25, 0.3) is 5.56 Å². The summed E-state index contributed by atoms with van der Waals surface area (Å²) in [5, 5.41) is 3.78.